The molecule has 0 heterocycles. The van der Waals surface area contributed by atoms with Crippen molar-refractivity contribution in [2.75, 3.05) is 0 Å². The molecule has 0 radical (unpaired) electrons. The lowest BCUT2D eigenvalue weighted by atomic mass is 10.4. The minimum Gasteiger partial charge on any atom is -0.0852 e. The minimum atomic E-state index is -2.48. The van der Waals surface area contributed by atoms with Crippen molar-refractivity contribution in [1.29, 1.82) is 0 Å². The maximum atomic E-state index is 7.84. The van der Waals surface area contributed by atoms with E-state index in [1.165, 1.54) is 26.5 Å². The van der Waals surface area contributed by atoms with Gasteiger partial charge in [0.1, 0.15) is 6.63 Å². The van der Waals surface area contributed by atoms with Crippen molar-refractivity contribution < 1.29 is 0 Å². The van der Waals surface area contributed by atoms with E-state index >= 15 is 0 Å². The molecule has 0 aliphatic heterocycles. The zero-order chi connectivity index (χ0) is 26.4. The second-order valence-corrected chi connectivity index (χ2v) is 23.1. The van der Waals surface area contributed by atoms with Crippen LogP contribution in [0.4, 0.5) is 0 Å². The van der Waals surface area contributed by atoms with Gasteiger partial charge in [-0.15, -0.1) is 0 Å². The Hall–Kier alpha value is -1.44. The molecule has 1 atom stereocenters. The molecule has 38 heavy (non-hydrogen) atoms. The summed E-state index contributed by atoms with van der Waals surface area (Å²) in [6.45, 7) is -5.32. The van der Waals surface area contributed by atoms with Crippen LogP contribution in [-0.4, -0.2) is 4.78 Å². The maximum Gasteiger partial charge on any atom is 0.120 e. The zero-order valence-corrected chi connectivity index (χ0v) is 26.2. The molecule has 0 aliphatic rings. The van der Waals surface area contributed by atoms with Crippen molar-refractivity contribution in [2.45, 2.75) is 0 Å². The predicted octanol–water partition coefficient (Wildman–Crippen LogP) is 9.54. The first-order valence-corrected chi connectivity index (χ1v) is 21.3. The van der Waals surface area contributed by atoms with E-state index in [1.54, 1.807) is 0 Å². The van der Waals surface area contributed by atoms with E-state index in [-0.39, 0.29) is 0 Å². The highest BCUT2D eigenvalue weighted by atomic mass is 35.9. The number of halogens is 3. The first-order chi connectivity index (χ1) is 18.6. The highest BCUT2D eigenvalue weighted by Gasteiger charge is 2.39. The van der Waals surface area contributed by atoms with Crippen LogP contribution < -0.4 is 26.5 Å². The molecule has 0 fully saturated rings. The number of benzene rings is 5. The third-order valence-electron chi connectivity index (χ3n) is 6.22. The van der Waals surface area contributed by atoms with Crippen molar-refractivity contribution in [1.82, 2.24) is 0 Å². The van der Waals surface area contributed by atoms with Crippen LogP contribution in [0.5, 0.6) is 0 Å². The standard InChI is InChI=1S/C31H25Cl3P4/c32-36(33)31(37(34)35(26-16-6-1-7-17-26)27-18-8-2-9-19-27)38(28-20-10-3-11-21-28,29-22-12-4-13-23-29)30-24-14-5-15-25-30/h1-25H. The van der Waals surface area contributed by atoms with Gasteiger partial charge in [0.15, 0.2) is 0 Å². The van der Waals surface area contributed by atoms with E-state index < -0.39 is 28.1 Å². The summed E-state index contributed by atoms with van der Waals surface area (Å²) in [5.74, 6) is 0. The molecule has 5 rings (SSSR count). The third-order valence-corrected chi connectivity index (χ3v) is 25.8. The van der Waals surface area contributed by atoms with E-state index in [0.717, 1.165) is 4.78 Å². The topological polar surface area (TPSA) is 0 Å². The van der Waals surface area contributed by atoms with Gasteiger partial charge in [-0.3, -0.25) is 0 Å². The van der Waals surface area contributed by atoms with Crippen LogP contribution in [0.1, 0.15) is 0 Å². The molecule has 5 aromatic carbocycles. The molecule has 190 valence electrons. The highest BCUT2D eigenvalue weighted by Crippen LogP contribution is 2.82. The summed E-state index contributed by atoms with van der Waals surface area (Å²) < 4.78 is 1.09. The van der Waals surface area contributed by atoms with Gasteiger partial charge in [0, 0.05) is 12.4 Å². The number of hydrogen-bond donors (Lipinski definition) is 0. The Bertz CT molecular complexity index is 1360. The van der Waals surface area contributed by atoms with Crippen LogP contribution in [-0.2, 0) is 0 Å². The molecule has 0 bridgehead atoms. The lowest BCUT2D eigenvalue weighted by molar-refractivity contribution is 1.73. The molecular formula is C31H25Cl3P4. The molecule has 0 aromatic heterocycles. The van der Waals surface area contributed by atoms with Crippen molar-refractivity contribution in [3.8, 4) is 0 Å². The smallest absolute Gasteiger partial charge is 0.0852 e. The van der Waals surface area contributed by atoms with Gasteiger partial charge in [-0.05, 0) is 33.4 Å². The zero-order valence-electron chi connectivity index (χ0n) is 20.4. The van der Waals surface area contributed by atoms with Crippen LogP contribution in [0.2, 0.25) is 0 Å². The first kappa shape index (κ1) is 28.1. The van der Waals surface area contributed by atoms with E-state index in [4.69, 9.17) is 33.7 Å². The molecule has 0 spiro atoms. The lowest BCUT2D eigenvalue weighted by Gasteiger charge is -2.37. The Morgan fingerprint density at radius 1 is 0.421 bits per heavy atom. The summed E-state index contributed by atoms with van der Waals surface area (Å²) in [4.78, 5) is 0. The molecule has 0 saturated carbocycles. The summed E-state index contributed by atoms with van der Waals surface area (Å²) in [5.41, 5.74) is 0. The Kier molecular flexibility index (Phi) is 9.82. The second kappa shape index (κ2) is 13.3. The van der Waals surface area contributed by atoms with Crippen LogP contribution in [0, 0.1) is 0 Å². The maximum absolute atomic E-state index is 7.84. The minimum absolute atomic E-state index is 0.951. The van der Waals surface area contributed by atoms with Crippen molar-refractivity contribution in [3.63, 3.8) is 0 Å². The molecule has 1 unspecified atom stereocenters. The van der Waals surface area contributed by atoms with E-state index in [2.05, 4.69) is 140 Å². The largest absolute Gasteiger partial charge is 0.120 e. The van der Waals surface area contributed by atoms with Gasteiger partial charge in [0.2, 0.25) is 0 Å². The normalized spacial score (nSPS) is 12.4. The SMILES string of the molecule is ClP(Cl)C(P(Cl)P(c1ccccc1)c1ccccc1)=P(c1ccccc1)(c1ccccc1)c1ccccc1. The second-order valence-electron chi connectivity index (χ2n) is 8.45. The molecule has 0 amide bonds. The highest BCUT2D eigenvalue weighted by molar-refractivity contribution is 8.61. The van der Waals surface area contributed by atoms with Crippen LogP contribution in [0.25, 0.3) is 0 Å². The van der Waals surface area contributed by atoms with Gasteiger partial charge in [-0.1, -0.05) is 185 Å². The van der Waals surface area contributed by atoms with Crippen molar-refractivity contribution in [2.24, 2.45) is 0 Å². The Morgan fingerprint density at radius 2 is 0.711 bits per heavy atom. The fourth-order valence-corrected chi connectivity index (χ4v) is 28.8. The fraction of sp³-hybridized carbons (Fsp3) is 0. The summed E-state index contributed by atoms with van der Waals surface area (Å²) in [6.07, 6.45) is 0. The quantitative estimate of drug-likeness (QED) is 0.150. The lowest BCUT2D eigenvalue weighted by Crippen LogP contribution is -2.29. The summed E-state index contributed by atoms with van der Waals surface area (Å²) in [7, 11) is -0.951. The molecule has 7 heteroatoms. The van der Waals surface area contributed by atoms with Gasteiger partial charge in [0.05, 0.1) is 6.96 Å². The van der Waals surface area contributed by atoms with Gasteiger partial charge >= 0.3 is 0 Å². The summed E-state index contributed by atoms with van der Waals surface area (Å²) in [5, 5.41) is 6.09. The average Bonchev–Trinajstić information content (AvgIpc) is 2.98. The fourth-order valence-electron chi connectivity index (χ4n) is 4.63. The molecular weight excluding hydrogens is 603 g/mol. The third kappa shape index (κ3) is 5.71. The van der Waals surface area contributed by atoms with E-state index in [0.29, 0.717) is 0 Å². The van der Waals surface area contributed by atoms with Crippen LogP contribution >= 0.6 is 61.8 Å². The summed E-state index contributed by atoms with van der Waals surface area (Å²) in [6, 6.07) is 53.3. The first-order valence-electron chi connectivity index (χ1n) is 12.0. The molecule has 0 N–H and O–H groups in total. The van der Waals surface area contributed by atoms with Gasteiger partial charge in [-0.2, -0.15) is 0 Å². The van der Waals surface area contributed by atoms with Crippen LogP contribution in [0.3, 0.4) is 0 Å². The number of rotatable bonds is 8. The van der Waals surface area contributed by atoms with Gasteiger partial charge < -0.3 is 0 Å². The molecule has 0 nitrogen and oxygen atoms in total. The molecule has 0 aliphatic carbocycles. The monoisotopic (exact) mass is 626 g/mol. The molecule has 0 saturated heterocycles. The van der Waals surface area contributed by atoms with Gasteiger partial charge in [0.25, 0.3) is 0 Å². The molecule has 5 aromatic rings. The van der Waals surface area contributed by atoms with Crippen molar-refractivity contribution in [3.05, 3.63) is 152 Å². The number of hydrogen-bond acceptors (Lipinski definition) is 0. The predicted molar refractivity (Wildman–Crippen MR) is 181 cm³/mol. The van der Waals surface area contributed by atoms with Gasteiger partial charge in [-0.25, -0.2) is 0 Å². The average molecular weight is 628 g/mol. The van der Waals surface area contributed by atoms with E-state index in [1.807, 2.05) is 12.1 Å². The Labute approximate surface area is 243 Å². The summed E-state index contributed by atoms with van der Waals surface area (Å²) >= 11 is 22.2. The Morgan fingerprint density at radius 3 is 1.00 bits per heavy atom. The Balaban J connectivity index is 1.94. The van der Waals surface area contributed by atoms with E-state index in [9.17, 15) is 0 Å². The van der Waals surface area contributed by atoms with Crippen LogP contribution in [0.15, 0.2) is 152 Å². The van der Waals surface area contributed by atoms with Crippen molar-refractivity contribution >= 4 is 93.1 Å².